The lowest BCUT2D eigenvalue weighted by atomic mass is 10.0. The van der Waals surface area contributed by atoms with Gasteiger partial charge in [0.15, 0.2) is 18.2 Å². The Kier molecular flexibility index (Phi) is 8.69. The van der Waals surface area contributed by atoms with Gasteiger partial charge in [0.2, 0.25) is 11.8 Å². The van der Waals surface area contributed by atoms with E-state index in [9.17, 15) is 32.8 Å². The molecule has 0 saturated carbocycles. The summed E-state index contributed by atoms with van der Waals surface area (Å²) in [5.41, 5.74) is 1.24. The Morgan fingerprint density at radius 2 is 1.75 bits per heavy atom. The number of ether oxygens (including phenoxy) is 4. The lowest BCUT2D eigenvalue weighted by molar-refractivity contribution is -0.143. The van der Waals surface area contributed by atoms with Crippen LogP contribution in [-0.4, -0.2) is 54.4 Å². The number of methoxy groups -OCH3 is 1. The number of nitrogens with one attached hydrogen (secondary N) is 2. The molecule has 0 bridgehead atoms. The van der Waals surface area contributed by atoms with Crippen LogP contribution in [0.25, 0.3) is 0 Å². The first-order valence-corrected chi connectivity index (χ1v) is 13.3. The molecule has 228 valence electrons. The molecular formula is C30H25F2N3O9. The number of fused-ring (bicyclic) bond motifs is 1. The number of carbonyl (C=O) groups is 5. The number of hydrogen-bond acceptors (Lipinski definition) is 9. The first-order chi connectivity index (χ1) is 21.1. The minimum Gasteiger partial charge on any atom is -0.481 e. The van der Waals surface area contributed by atoms with Crippen molar-refractivity contribution in [1.82, 2.24) is 10.2 Å². The average Bonchev–Trinajstić information content (AvgIpc) is 3.33. The van der Waals surface area contributed by atoms with Crippen LogP contribution in [0.4, 0.5) is 19.3 Å². The Morgan fingerprint density at radius 3 is 2.45 bits per heavy atom. The number of benzene rings is 3. The maximum Gasteiger partial charge on any atom is 0.411 e. The van der Waals surface area contributed by atoms with Gasteiger partial charge in [-0.05, 0) is 48.4 Å². The van der Waals surface area contributed by atoms with Crippen LogP contribution >= 0.6 is 0 Å². The zero-order valence-electron chi connectivity index (χ0n) is 23.2. The molecule has 14 heteroatoms. The van der Waals surface area contributed by atoms with Crippen LogP contribution in [0.1, 0.15) is 34.3 Å². The number of anilines is 1. The van der Waals surface area contributed by atoms with E-state index in [4.69, 9.17) is 14.2 Å². The van der Waals surface area contributed by atoms with Crippen molar-refractivity contribution >= 4 is 35.5 Å². The molecule has 0 aliphatic carbocycles. The van der Waals surface area contributed by atoms with Gasteiger partial charge in [-0.1, -0.05) is 12.1 Å². The van der Waals surface area contributed by atoms with E-state index in [1.165, 1.54) is 42.3 Å². The smallest absolute Gasteiger partial charge is 0.411 e. The quantitative estimate of drug-likeness (QED) is 0.273. The largest absolute Gasteiger partial charge is 0.481 e. The second kappa shape index (κ2) is 12.8. The Bertz CT molecular complexity index is 1650. The van der Waals surface area contributed by atoms with Gasteiger partial charge in [0, 0.05) is 30.3 Å². The zero-order valence-corrected chi connectivity index (χ0v) is 23.2. The summed E-state index contributed by atoms with van der Waals surface area (Å²) < 4.78 is 47.7. The van der Waals surface area contributed by atoms with Gasteiger partial charge >= 0.3 is 12.1 Å². The highest BCUT2D eigenvalue weighted by molar-refractivity contribution is 6.06. The van der Waals surface area contributed by atoms with E-state index < -0.39 is 54.1 Å². The number of rotatable bonds is 9. The van der Waals surface area contributed by atoms with Gasteiger partial charge in [0.1, 0.15) is 29.9 Å². The van der Waals surface area contributed by atoms with Crippen LogP contribution in [0.15, 0.2) is 54.6 Å². The van der Waals surface area contributed by atoms with Gasteiger partial charge in [0.05, 0.1) is 12.7 Å². The van der Waals surface area contributed by atoms with Crippen molar-refractivity contribution in [2.45, 2.75) is 32.0 Å². The van der Waals surface area contributed by atoms with Crippen molar-refractivity contribution in [1.29, 1.82) is 0 Å². The van der Waals surface area contributed by atoms with Gasteiger partial charge in [-0.15, -0.1) is 0 Å². The number of carbonyl (C=O) groups excluding carboxylic acids is 5. The molecule has 3 aromatic rings. The maximum atomic E-state index is 13.5. The normalized spacial score (nSPS) is 15.8. The van der Waals surface area contributed by atoms with Crippen molar-refractivity contribution in [3.8, 4) is 17.2 Å². The van der Waals surface area contributed by atoms with Crippen LogP contribution < -0.4 is 20.1 Å². The highest BCUT2D eigenvalue weighted by atomic mass is 19.2. The first-order valence-electron chi connectivity index (χ1n) is 13.3. The SMILES string of the molecule is COC(=O)COc1c(COC(=O)Nc2ccc(Oc3ccc(F)c(F)c3)cc2)ccc2c1C(=O)N(C1CCC(=O)NC1=O)C2. The molecule has 1 unspecified atom stereocenters. The Balaban J connectivity index is 1.26. The van der Waals surface area contributed by atoms with Crippen LogP contribution in [0.3, 0.4) is 0 Å². The third-order valence-corrected chi connectivity index (χ3v) is 6.88. The van der Waals surface area contributed by atoms with Crippen molar-refractivity contribution in [2.24, 2.45) is 0 Å². The summed E-state index contributed by atoms with van der Waals surface area (Å²) in [7, 11) is 1.17. The fraction of sp³-hybridized carbons (Fsp3) is 0.233. The van der Waals surface area contributed by atoms with E-state index in [0.717, 1.165) is 12.1 Å². The molecule has 0 spiro atoms. The van der Waals surface area contributed by atoms with E-state index in [1.54, 1.807) is 12.1 Å². The second-order valence-corrected chi connectivity index (χ2v) is 9.76. The molecule has 4 amide bonds. The Morgan fingerprint density at radius 1 is 1.00 bits per heavy atom. The van der Waals surface area contributed by atoms with E-state index in [2.05, 4.69) is 15.4 Å². The lowest BCUT2D eigenvalue weighted by Crippen LogP contribution is -2.52. The zero-order chi connectivity index (χ0) is 31.4. The van der Waals surface area contributed by atoms with Gasteiger partial charge < -0.3 is 23.8 Å². The molecule has 44 heavy (non-hydrogen) atoms. The number of halogens is 2. The summed E-state index contributed by atoms with van der Waals surface area (Å²) in [6.45, 7) is -0.804. The summed E-state index contributed by atoms with van der Waals surface area (Å²) in [5, 5.41) is 4.77. The molecule has 0 aromatic heterocycles. The molecule has 5 rings (SSSR count). The predicted octanol–water partition coefficient (Wildman–Crippen LogP) is 3.82. The summed E-state index contributed by atoms with van der Waals surface area (Å²) in [5.74, 6) is -3.91. The highest BCUT2D eigenvalue weighted by Gasteiger charge is 2.41. The number of nitrogens with zero attached hydrogens (tertiary/aromatic N) is 1. The second-order valence-electron chi connectivity index (χ2n) is 9.76. The molecule has 3 aromatic carbocycles. The minimum absolute atomic E-state index is 0.000717. The minimum atomic E-state index is -1.05. The monoisotopic (exact) mass is 609 g/mol. The topological polar surface area (TPSA) is 150 Å². The number of hydrogen-bond donors (Lipinski definition) is 2. The number of imide groups is 1. The molecular weight excluding hydrogens is 584 g/mol. The average molecular weight is 610 g/mol. The summed E-state index contributed by atoms with van der Waals surface area (Å²) in [4.78, 5) is 63.2. The van der Waals surface area contributed by atoms with Gasteiger partial charge in [-0.3, -0.25) is 25.0 Å². The maximum absolute atomic E-state index is 13.5. The van der Waals surface area contributed by atoms with Crippen LogP contribution in [0.2, 0.25) is 0 Å². The summed E-state index contributed by atoms with van der Waals surface area (Å²) in [6, 6.07) is 11.4. The van der Waals surface area contributed by atoms with Gasteiger partial charge in [-0.25, -0.2) is 18.4 Å². The van der Waals surface area contributed by atoms with E-state index >= 15 is 0 Å². The van der Waals surface area contributed by atoms with Gasteiger partial charge in [-0.2, -0.15) is 0 Å². The van der Waals surface area contributed by atoms with E-state index in [1.807, 2.05) is 0 Å². The van der Waals surface area contributed by atoms with E-state index in [0.29, 0.717) is 17.0 Å². The Labute approximate surface area is 248 Å². The molecule has 0 radical (unpaired) electrons. The molecule has 1 saturated heterocycles. The predicted molar refractivity (Wildman–Crippen MR) is 147 cm³/mol. The molecule has 1 fully saturated rings. The van der Waals surface area contributed by atoms with Crippen molar-refractivity contribution in [3.63, 3.8) is 0 Å². The molecule has 2 N–H and O–H groups in total. The fourth-order valence-electron chi connectivity index (χ4n) is 4.71. The molecule has 12 nitrogen and oxygen atoms in total. The van der Waals surface area contributed by atoms with Crippen molar-refractivity contribution in [2.75, 3.05) is 19.0 Å². The third kappa shape index (κ3) is 6.59. The summed E-state index contributed by atoms with van der Waals surface area (Å²) in [6.07, 6.45) is -0.604. The molecule has 2 heterocycles. The van der Waals surface area contributed by atoms with Crippen LogP contribution in [-0.2, 0) is 37.0 Å². The fourth-order valence-corrected chi connectivity index (χ4v) is 4.71. The Hall–Kier alpha value is -5.53. The number of piperidine rings is 1. The standard InChI is InChI=1S/C30H25F2N3O9/c1-41-25(37)15-42-27-17(3-2-16-13-35(29(39)26(16)27)23-10-11-24(36)34-28(23)38)14-43-30(40)33-18-4-6-19(7-5-18)44-20-8-9-21(31)22(32)12-20/h2-9,12,23H,10-11,13-15H2,1H3,(H,33,40)(H,34,36,38). The number of amides is 4. The van der Waals surface area contributed by atoms with Crippen LogP contribution in [0, 0.1) is 11.6 Å². The molecule has 2 aliphatic rings. The highest BCUT2D eigenvalue weighted by Crippen LogP contribution is 2.37. The van der Waals surface area contributed by atoms with Crippen LogP contribution in [0.5, 0.6) is 17.2 Å². The van der Waals surface area contributed by atoms with Crippen molar-refractivity contribution in [3.05, 3.63) is 82.9 Å². The van der Waals surface area contributed by atoms with E-state index in [-0.39, 0.29) is 48.6 Å². The first kappa shape index (κ1) is 29.9. The van der Waals surface area contributed by atoms with Crippen molar-refractivity contribution < 1.29 is 51.7 Å². The lowest BCUT2D eigenvalue weighted by Gasteiger charge is -2.29. The molecule has 2 aliphatic heterocycles. The summed E-state index contributed by atoms with van der Waals surface area (Å²) >= 11 is 0. The van der Waals surface area contributed by atoms with Gasteiger partial charge in [0.25, 0.3) is 5.91 Å². The third-order valence-electron chi connectivity index (χ3n) is 6.88. The molecule has 1 atom stereocenters. The number of esters is 1.